The first-order valence-corrected chi connectivity index (χ1v) is 8.13. The van der Waals surface area contributed by atoms with Crippen molar-refractivity contribution in [3.63, 3.8) is 0 Å². The number of hydrogen-bond acceptors (Lipinski definition) is 5. The van der Waals surface area contributed by atoms with Crippen LogP contribution in [0.25, 0.3) is 0 Å². The van der Waals surface area contributed by atoms with Gasteiger partial charge in [0.25, 0.3) is 5.92 Å². The maximum absolute atomic E-state index is 13.1. The van der Waals surface area contributed by atoms with Crippen LogP contribution >= 0.6 is 0 Å². The number of ether oxygens (including phenoxy) is 2. The summed E-state index contributed by atoms with van der Waals surface area (Å²) in [6.07, 6.45) is 2.20. The van der Waals surface area contributed by atoms with Crippen LogP contribution in [0.2, 0.25) is 0 Å². The van der Waals surface area contributed by atoms with Gasteiger partial charge in [-0.1, -0.05) is 0 Å². The molecule has 2 aliphatic rings. The van der Waals surface area contributed by atoms with Crippen LogP contribution in [0.15, 0.2) is 12.1 Å². The molecule has 1 aliphatic carbocycles. The quantitative estimate of drug-likeness (QED) is 0.770. The maximum atomic E-state index is 13.1. The Morgan fingerprint density at radius 3 is 2.54 bits per heavy atom. The molecule has 0 unspecified atom stereocenters. The summed E-state index contributed by atoms with van der Waals surface area (Å²) in [5, 5.41) is 0. The molecule has 2 fully saturated rings. The number of pyridine rings is 1. The monoisotopic (exact) mass is 340 g/mol. The fourth-order valence-corrected chi connectivity index (χ4v) is 2.39. The molecule has 1 aromatic heterocycles. The van der Waals surface area contributed by atoms with Gasteiger partial charge in [0.15, 0.2) is 5.69 Å². The molecule has 0 radical (unpaired) electrons. The predicted molar refractivity (Wildman–Crippen MR) is 84.8 cm³/mol. The van der Waals surface area contributed by atoms with Crippen molar-refractivity contribution in [1.82, 2.24) is 4.98 Å². The fraction of sp³-hybridized carbons (Fsp3) is 0.647. The molecule has 3 rings (SSSR count). The normalized spacial score (nSPS) is 19.6. The van der Waals surface area contributed by atoms with Gasteiger partial charge in [0, 0.05) is 0 Å². The molecule has 7 heteroatoms. The van der Waals surface area contributed by atoms with Crippen molar-refractivity contribution >= 4 is 11.7 Å². The summed E-state index contributed by atoms with van der Waals surface area (Å²) in [5.41, 5.74) is -0.0212. The lowest BCUT2D eigenvalue weighted by Crippen LogP contribution is -2.56. The minimum atomic E-state index is -2.68. The Balaban J connectivity index is 1.79. The molecule has 0 spiro atoms. The van der Waals surface area contributed by atoms with Crippen molar-refractivity contribution in [2.75, 3.05) is 24.6 Å². The van der Waals surface area contributed by atoms with E-state index in [2.05, 4.69) is 4.98 Å². The summed E-state index contributed by atoms with van der Waals surface area (Å²) >= 11 is 0. The zero-order valence-corrected chi connectivity index (χ0v) is 14.1. The van der Waals surface area contributed by atoms with Crippen LogP contribution in [-0.2, 0) is 4.74 Å². The highest BCUT2D eigenvalue weighted by Gasteiger charge is 2.45. The molecule has 0 atom stereocenters. The molecule has 24 heavy (non-hydrogen) atoms. The highest BCUT2D eigenvalue weighted by atomic mass is 19.3. The predicted octanol–water partition coefficient (Wildman–Crippen LogP) is 3.28. The highest BCUT2D eigenvalue weighted by molar-refractivity contribution is 5.88. The third-order valence-corrected chi connectivity index (χ3v) is 3.79. The Bertz CT molecular complexity index is 631. The molecule has 0 aromatic carbocycles. The second-order valence-corrected chi connectivity index (χ2v) is 7.49. The van der Waals surface area contributed by atoms with Crippen LogP contribution in [0.1, 0.15) is 44.1 Å². The number of esters is 1. The van der Waals surface area contributed by atoms with Gasteiger partial charge < -0.3 is 14.4 Å². The maximum Gasteiger partial charge on any atom is 0.357 e. The summed E-state index contributed by atoms with van der Waals surface area (Å²) in [6, 6.07) is 3.09. The second-order valence-electron chi connectivity index (χ2n) is 7.49. The lowest BCUT2D eigenvalue weighted by atomic mass is 10.1. The Morgan fingerprint density at radius 1 is 1.33 bits per heavy atom. The lowest BCUT2D eigenvalue weighted by Gasteiger charge is -2.40. The number of alkyl halides is 2. The lowest BCUT2D eigenvalue weighted by molar-refractivity contribution is -0.0266. The molecule has 1 saturated heterocycles. The van der Waals surface area contributed by atoms with Crippen LogP contribution in [0.5, 0.6) is 5.88 Å². The standard InChI is InChI=1S/C17H22F2N2O3/c1-16(2,3)24-15(22)12-6-7-13(21-9-17(18,19)10-21)14(20-12)23-8-11-4-5-11/h6-7,11H,4-5,8-10H2,1-3H3. The zero-order chi connectivity index (χ0) is 17.5. The fourth-order valence-electron chi connectivity index (χ4n) is 2.39. The topological polar surface area (TPSA) is 51.7 Å². The van der Waals surface area contributed by atoms with E-state index in [4.69, 9.17) is 9.47 Å². The van der Waals surface area contributed by atoms with Gasteiger partial charge in [-0.3, -0.25) is 0 Å². The molecular weight excluding hydrogens is 318 g/mol. The summed E-state index contributed by atoms with van der Waals surface area (Å²) in [7, 11) is 0. The van der Waals surface area contributed by atoms with Crippen molar-refractivity contribution in [2.24, 2.45) is 5.92 Å². The molecular formula is C17H22F2N2O3. The third kappa shape index (κ3) is 4.13. The number of hydrogen-bond donors (Lipinski definition) is 0. The van der Waals surface area contributed by atoms with E-state index in [0.717, 1.165) is 12.8 Å². The Morgan fingerprint density at radius 2 is 2.00 bits per heavy atom. The number of aromatic nitrogens is 1. The molecule has 0 amide bonds. The Kier molecular flexibility index (Phi) is 4.13. The van der Waals surface area contributed by atoms with E-state index in [0.29, 0.717) is 18.2 Å². The number of anilines is 1. The van der Waals surface area contributed by atoms with Crippen LogP contribution in [0.3, 0.4) is 0 Å². The summed E-state index contributed by atoms with van der Waals surface area (Å²) in [4.78, 5) is 17.9. The number of carbonyl (C=O) groups is 1. The molecule has 132 valence electrons. The molecule has 1 aromatic rings. The van der Waals surface area contributed by atoms with E-state index in [-0.39, 0.29) is 24.7 Å². The zero-order valence-electron chi connectivity index (χ0n) is 14.1. The number of nitrogens with zero attached hydrogens (tertiary/aromatic N) is 2. The summed E-state index contributed by atoms with van der Waals surface area (Å²) < 4.78 is 37.3. The van der Waals surface area contributed by atoms with Gasteiger partial charge in [-0.25, -0.2) is 18.6 Å². The van der Waals surface area contributed by atoms with E-state index in [1.807, 2.05) is 0 Å². The largest absolute Gasteiger partial charge is 0.476 e. The molecule has 2 heterocycles. The van der Waals surface area contributed by atoms with Crippen molar-refractivity contribution in [3.05, 3.63) is 17.8 Å². The van der Waals surface area contributed by atoms with Gasteiger partial charge in [-0.05, 0) is 51.7 Å². The van der Waals surface area contributed by atoms with Crippen LogP contribution in [-0.4, -0.2) is 42.2 Å². The van der Waals surface area contributed by atoms with Crippen molar-refractivity contribution in [1.29, 1.82) is 0 Å². The smallest absolute Gasteiger partial charge is 0.357 e. The van der Waals surface area contributed by atoms with E-state index in [9.17, 15) is 13.6 Å². The van der Waals surface area contributed by atoms with Crippen LogP contribution in [0.4, 0.5) is 14.5 Å². The number of rotatable bonds is 5. The number of halogens is 2. The minimum absolute atomic E-state index is 0.117. The Labute approximate surface area is 139 Å². The van der Waals surface area contributed by atoms with Gasteiger partial charge >= 0.3 is 5.97 Å². The molecule has 1 saturated carbocycles. The van der Waals surface area contributed by atoms with Crippen molar-refractivity contribution < 1.29 is 23.0 Å². The molecule has 1 aliphatic heterocycles. The van der Waals surface area contributed by atoms with E-state index in [1.54, 1.807) is 26.8 Å². The molecule has 5 nitrogen and oxygen atoms in total. The average molecular weight is 340 g/mol. The summed E-state index contributed by atoms with van der Waals surface area (Å²) in [6.45, 7) is 5.08. The van der Waals surface area contributed by atoms with Gasteiger partial charge in [0.1, 0.15) is 11.3 Å². The van der Waals surface area contributed by atoms with Crippen molar-refractivity contribution in [3.8, 4) is 5.88 Å². The van der Waals surface area contributed by atoms with Gasteiger partial charge in [0.2, 0.25) is 5.88 Å². The van der Waals surface area contributed by atoms with Gasteiger partial charge in [0.05, 0.1) is 19.7 Å². The number of carbonyl (C=O) groups excluding carboxylic acids is 1. The Hall–Kier alpha value is -1.92. The molecule has 0 N–H and O–H groups in total. The van der Waals surface area contributed by atoms with Crippen molar-refractivity contribution in [2.45, 2.75) is 45.1 Å². The van der Waals surface area contributed by atoms with E-state index < -0.39 is 17.5 Å². The molecule has 0 bridgehead atoms. The van der Waals surface area contributed by atoms with Gasteiger partial charge in [-0.15, -0.1) is 0 Å². The first-order chi connectivity index (χ1) is 11.1. The van der Waals surface area contributed by atoms with E-state index >= 15 is 0 Å². The summed E-state index contributed by atoms with van der Waals surface area (Å²) in [5.74, 6) is -2.53. The minimum Gasteiger partial charge on any atom is -0.476 e. The van der Waals surface area contributed by atoms with Crippen LogP contribution in [0, 0.1) is 5.92 Å². The van der Waals surface area contributed by atoms with Gasteiger partial charge in [-0.2, -0.15) is 0 Å². The first kappa shape index (κ1) is 16.9. The second kappa shape index (κ2) is 5.86. The highest BCUT2D eigenvalue weighted by Crippen LogP contribution is 2.38. The third-order valence-electron chi connectivity index (χ3n) is 3.79. The first-order valence-electron chi connectivity index (χ1n) is 8.13. The van der Waals surface area contributed by atoms with E-state index in [1.165, 1.54) is 11.0 Å². The van der Waals surface area contributed by atoms with Crippen LogP contribution < -0.4 is 9.64 Å². The SMILES string of the molecule is CC(C)(C)OC(=O)c1ccc(N2CC(F)(F)C2)c(OCC2CC2)n1. The average Bonchev–Trinajstić information content (AvgIpc) is 3.24.